The van der Waals surface area contributed by atoms with E-state index in [9.17, 15) is 8.42 Å². The van der Waals surface area contributed by atoms with E-state index in [4.69, 9.17) is 0 Å². The van der Waals surface area contributed by atoms with Gasteiger partial charge >= 0.3 is 0 Å². The highest BCUT2D eigenvalue weighted by Crippen LogP contribution is 2.30. The summed E-state index contributed by atoms with van der Waals surface area (Å²) in [6, 6.07) is 9.40. The molecule has 0 aliphatic rings. The molecule has 4 nitrogen and oxygen atoms in total. The van der Waals surface area contributed by atoms with E-state index in [0.29, 0.717) is 5.69 Å². The van der Waals surface area contributed by atoms with Crippen LogP contribution in [0.25, 0.3) is 0 Å². The molecule has 0 aliphatic heterocycles. The molecule has 0 radical (unpaired) electrons. The summed E-state index contributed by atoms with van der Waals surface area (Å²) in [5.41, 5.74) is 1.31. The van der Waals surface area contributed by atoms with Gasteiger partial charge in [-0.05, 0) is 41.1 Å². The van der Waals surface area contributed by atoms with Crippen LogP contribution < -0.4 is 10.0 Å². The molecule has 0 spiro atoms. The van der Waals surface area contributed by atoms with Crippen LogP contribution in [0, 0.1) is 0 Å². The number of hydrogen-bond donors (Lipinski definition) is 2. The summed E-state index contributed by atoms with van der Waals surface area (Å²) in [5, 5.41) is 5.35. The SMILES string of the molecule is CC(Nc1ccccc1NS(C)(=O)=O)c1cc(Br)cs1. The number of sulfonamides is 1. The quantitative estimate of drug-likeness (QED) is 0.829. The maximum Gasteiger partial charge on any atom is 0.229 e. The van der Waals surface area contributed by atoms with Crippen molar-refractivity contribution >= 4 is 48.7 Å². The number of para-hydroxylation sites is 2. The number of halogens is 1. The third kappa shape index (κ3) is 4.22. The van der Waals surface area contributed by atoms with E-state index in [1.165, 1.54) is 4.88 Å². The molecule has 2 aromatic rings. The zero-order valence-corrected chi connectivity index (χ0v) is 14.3. The molecule has 1 heterocycles. The van der Waals surface area contributed by atoms with Gasteiger partial charge in [0.05, 0.1) is 23.7 Å². The first-order valence-corrected chi connectivity index (χ1v) is 9.49. The molecular formula is C13H15BrN2O2S2. The lowest BCUT2D eigenvalue weighted by Crippen LogP contribution is -2.13. The van der Waals surface area contributed by atoms with Gasteiger partial charge in [0.2, 0.25) is 10.0 Å². The van der Waals surface area contributed by atoms with E-state index in [-0.39, 0.29) is 6.04 Å². The topological polar surface area (TPSA) is 58.2 Å². The van der Waals surface area contributed by atoms with Gasteiger partial charge in [0.25, 0.3) is 0 Å². The van der Waals surface area contributed by atoms with Crippen molar-refractivity contribution in [1.29, 1.82) is 0 Å². The molecular weight excluding hydrogens is 360 g/mol. The Bertz CT molecular complexity index is 698. The van der Waals surface area contributed by atoms with Crippen LogP contribution in [0.4, 0.5) is 11.4 Å². The van der Waals surface area contributed by atoms with Crippen LogP contribution in [0.5, 0.6) is 0 Å². The lowest BCUT2D eigenvalue weighted by Gasteiger charge is -2.17. The molecule has 2 N–H and O–H groups in total. The van der Waals surface area contributed by atoms with Gasteiger partial charge in [0.15, 0.2) is 0 Å². The summed E-state index contributed by atoms with van der Waals surface area (Å²) in [6.07, 6.45) is 1.14. The molecule has 0 aliphatic carbocycles. The Hall–Kier alpha value is -1.05. The van der Waals surface area contributed by atoms with Gasteiger partial charge in [-0.25, -0.2) is 8.42 Å². The van der Waals surface area contributed by atoms with Gasteiger partial charge in [-0.1, -0.05) is 12.1 Å². The average Bonchev–Trinajstić information content (AvgIpc) is 2.77. The Balaban J connectivity index is 2.21. The van der Waals surface area contributed by atoms with Crippen molar-refractivity contribution in [2.75, 3.05) is 16.3 Å². The third-order valence-corrected chi connectivity index (χ3v) is 5.08. The summed E-state index contributed by atoms with van der Waals surface area (Å²) in [6.45, 7) is 2.04. The maximum absolute atomic E-state index is 11.4. The maximum atomic E-state index is 11.4. The highest BCUT2D eigenvalue weighted by molar-refractivity contribution is 9.10. The molecule has 0 amide bonds. The number of anilines is 2. The summed E-state index contributed by atoms with van der Waals surface area (Å²) in [4.78, 5) is 1.17. The second kappa shape index (κ2) is 6.15. The van der Waals surface area contributed by atoms with Crippen LogP contribution in [0.1, 0.15) is 17.8 Å². The standard InChI is InChI=1S/C13H15BrN2O2S2/c1-9(13-7-10(14)8-19-13)15-11-5-3-4-6-12(11)16-20(2,17)18/h3-9,15-16H,1-2H3. The van der Waals surface area contributed by atoms with E-state index in [1.54, 1.807) is 23.5 Å². The monoisotopic (exact) mass is 374 g/mol. The normalized spacial score (nSPS) is 12.9. The first kappa shape index (κ1) is 15.3. The summed E-state index contributed by atoms with van der Waals surface area (Å²) in [7, 11) is -3.29. The Morgan fingerprint density at radius 2 is 1.90 bits per heavy atom. The predicted octanol–water partition coefficient (Wildman–Crippen LogP) is 4.06. The van der Waals surface area contributed by atoms with E-state index in [0.717, 1.165) is 16.4 Å². The highest BCUT2D eigenvalue weighted by Gasteiger charge is 2.12. The van der Waals surface area contributed by atoms with Crippen molar-refractivity contribution in [2.24, 2.45) is 0 Å². The van der Waals surface area contributed by atoms with Crippen molar-refractivity contribution in [3.63, 3.8) is 0 Å². The van der Waals surface area contributed by atoms with Crippen LogP contribution in [-0.2, 0) is 10.0 Å². The molecule has 108 valence electrons. The van der Waals surface area contributed by atoms with Gasteiger partial charge in [0, 0.05) is 14.7 Å². The molecule has 0 saturated heterocycles. The Kier molecular flexibility index (Phi) is 4.72. The highest BCUT2D eigenvalue weighted by atomic mass is 79.9. The van der Waals surface area contributed by atoms with Gasteiger partial charge in [-0.3, -0.25) is 4.72 Å². The van der Waals surface area contributed by atoms with Gasteiger partial charge in [-0.15, -0.1) is 11.3 Å². The van der Waals surface area contributed by atoms with E-state index in [1.807, 2.05) is 24.4 Å². The molecule has 20 heavy (non-hydrogen) atoms. The molecule has 1 atom stereocenters. The predicted molar refractivity (Wildman–Crippen MR) is 89.0 cm³/mol. The minimum absolute atomic E-state index is 0.0915. The van der Waals surface area contributed by atoms with Crippen molar-refractivity contribution in [3.8, 4) is 0 Å². The van der Waals surface area contributed by atoms with Crippen LogP contribution in [-0.4, -0.2) is 14.7 Å². The molecule has 1 aromatic heterocycles. The first-order chi connectivity index (χ1) is 9.35. The summed E-state index contributed by atoms with van der Waals surface area (Å²) >= 11 is 5.08. The molecule has 0 bridgehead atoms. The lowest BCUT2D eigenvalue weighted by molar-refractivity contribution is 0.607. The van der Waals surface area contributed by atoms with Gasteiger partial charge in [0.1, 0.15) is 0 Å². The number of hydrogen-bond acceptors (Lipinski definition) is 4. The van der Waals surface area contributed by atoms with Crippen LogP contribution in [0.3, 0.4) is 0 Å². The third-order valence-electron chi connectivity index (χ3n) is 2.61. The first-order valence-electron chi connectivity index (χ1n) is 5.92. The summed E-state index contributed by atoms with van der Waals surface area (Å²) in [5.74, 6) is 0. The minimum atomic E-state index is -3.29. The lowest BCUT2D eigenvalue weighted by atomic mass is 10.2. The second-order valence-electron chi connectivity index (χ2n) is 4.45. The average molecular weight is 375 g/mol. The fourth-order valence-electron chi connectivity index (χ4n) is 1.76. The molecule has 1 aromatic carbocycles. The Morgan fingerprint density at radius 3 is 2.45 bits per heavy atom. The fraction of sp³-hybridized carbons (Fsp3) is 0.231. The van der Waals surface area contributed by atoms with Crippen LogP contribution in [0.2, 0.25) is 0 Å². The van der Waals surface area contributed by atoms with Crippen LogP contribution in [0.15, 0.2) is 40.2 Å². The second-order valence-corrected chi connectivity index (χ2v) is 8.06. The van der Waals surface area contributed by atoms with E-state index >= 15 is 0 Å². The van der Waals surface area contributed by atoms with Gasteiger partial charge in [-0.2, -0.15) is 0 Å². The molecule has 0 saturated carbocycles. The van der Waals surface area contributed by atoms with E-state index < -0.39 is 10.0 Å². The van der Waals surface area contributed by atoms with E-state index in [2.05, 4.69) is 32.0 Å². The number of nitrogens with one attached hydrogen (secondary N) is 2. The zero-order valence-electron chi connectivity index (χ0n) is 11.1. The largest absolute Gasteiger partial charge is 0.376 e. The van der Waals surface area contributed by atoms with Crippen molar-refractivity contribution < 1.29 is 8.42 Å². The zero-order chi connectivity index (χ0) is 14.8. The smallest absolute Gasteiger partial charge is 0.229 e. The number of benzene rings is 1. The molecule has 2 rings (SSSR count). The Morgan fingerprint density at radius 1 is 1.25 bits per heavy atom. The van der Waals surface area contributed by atoms with Crippen LogP contribution >= 0.6 is 27.3 Å². The molecule has 1 unspecified atom stereocenters. The number of rotatable bonds is 5. The number of thiophene rings is 1. The fourth-order valence-corrected chi connectivity index (χ4v) is 3.79. The van der Waals surface area contributed by atoms with Crippen molar-refractivity contribution in [1.82, 2.24) is 0 Å². The Labute approximate surface area is 131 Å². The molecule has 0 fully saturated rings. The molecule has 7 heteroatoms. The van der Waals surface area contributed by atoms with Gasteiger partial charge < -0.3 is 5.32 Å². The van der Waals surface area contributed by atoms with Crippen molar-refractivity contribution in [2.45, 2.75) is 13.0 Å². The van der Waals surface area contributed by atoms with Crippen molar-refractivity contribution in [3.05, 3.63) is 45.1 Å². The minimum Gasteiger partial charge on any atom is -0.376 e. The summed E-state index contributed by atoms with van der Waals surface area (Å²) < 4.78 is 26.3.